The lowest BCUT2D eigenvalue weighted by Crippen LogP contribution is -2.26. The van der Waals surface area contributed by atoms with Crippen LogP contribution in [-0.2, 0) is 4.79 Å². The lowest BCUT2D eigenvalue weighted by atomic mass is 10.2. The van der Waals surface area contributed by atoms with Gasteiger partial charge in [0.25, 0.3) is 5.69 Å². The molecule has 0 N–H and O–H groups in total. The Morgan fingerprint density at radius 1 is 1.61 bits per heavy atom. The van der Waals surface area contributed by atoms with Gasteiger partial charge in [-0.05, 0) is 21.8 Å². The molecular formula is C10H9Br2N3O3. The molecule has 0 radical (unpaired) electrons. The normalized spacial score (nSPS) is 19.3. The summed E-state index contributed by atoms with van der Waals surface area (Å²) in [7, 11) is 0. The number of nitro groups is 1. The fraction of sp³-hybridized carbons (Fsp3) is 0.400. The Morgan fingerprint density at radius 3 is 2.83 bits per heavy atom. The average molecular weight is 379 g/mol. The predicted octanol–water partition coefficient (Wildman–Crippen LogP) is 2.50. The number of hydrogen-bond acceptors (Lipinski definition) is 4. The molecule has 1 aromatic rings. The first kappa shape index (κ1) is 13.4. The topological polar surface area (TPSA) is 76.3 Å². The highest BCUT2D eigenvalue weighted by atomic mass is 79.9. The smallest absolute Gasteiger partial charge is 0.288 e. The molecule has 0 saturated carbocycles. The van der Waals surface area contributed by atoms with E-state index in [0.29, 0.717) is 23.3 Å². The summed E-state index contributed by atoms with van der Waals surface area (Å²) >= 11 is 6.57. The van der Waals surface area contributed by atoms with Crippen molar-refractivity contribution in [3.63, 3.8) is 0 Å². The molecule has 1 aliphatic heterocycles. The van der Waals surface area contributed by atoms with Gasteiger partial charge in [-0.3, -0.25) is 19.8 Å². The van der Waals surface area contributed by atoms with Crippen molar-refractivity contribution in [2.75, 3.05) is 16.8 Å². The van der Waals surface area contributed by atoms with E-state index in [2.05, 4.69) is 36.8 Å². The molecule has 2 rings (SSSR count). The van der Waals surface area contributed by atoms with Crippen LogP contribution in [0.15, 0.2) is 16.7 Å². The number of pyridine rings is 1. The van der Waals surface area contributed by atoms with Crippen LogP contribution in [0.1, 0.15) is 6.42 Å². The maximum Gasteiger partial charge on any atom is 0.288 e. The summed E-state index contributed by atoms with van der Waals surface area (Å²) in [5, 5.41) is 11.4. The lowest BCUT2D eigenvalue weighted by molar-refractivity contribution is -0.385. The summed E-state index contributed by atoms with van der Waals surface area (Å²) in [4.78, 5) is 27.5. The Balaban J connectivity index is 2.29. The van der Waals surface area contributed by atoms with Crippen molar-refractivity contribution in [3.05, 3.63) is 26.9 Å². The number of aromatic nitrogens is 1. The molecule has 0 aliphatic carbocycles. The zero-order valence-electron chi connectivity index (χ0n) is 9.18. The van der Waals surface area contributed by atoms with Crippen LogP contribution in [0.25, 0.3) is 0 Å². The van der Waals surface area contributed by atoms with Crippen LogP contribution in [0.5, 0.6) is 0 Å². The highest BCUT2D eigenvalue weighted by molar-refractivity contribution is 9.10. The predicted molar refractivity (Wildman–Crippen MR) is 72.8 cm³/mol. The van der Waals surface area contributed by atoms with E-state index in [1.165, 1.54) is 6.07 Å². The first-order valence-corrected chi connectivity index (χ1v) is 7.10. The van der Waals surface area contributed by atoms with E-state index < -0.39 is 4.92 Å². The van der Waals surface area contributed by atoms with E-state index in [4.69, 9.17) is 0 Å². The minimum absolute atomic E-state index is 0.0125. The second-order valence-corrected chi connectivity index (χ2v) is 5.49. The summed E-state index contributed by atoms with van der Waals surface area (Å²) in [6, 6.07) is 1.36. The number of alkyl halides is 1. The highest BCUT2D eigenvalue weighted by Crippen LogP contribution is 2.32. The van der Waals surface area contributed by atoms with Crippen molar-refractivity contribution < 1.29 is 9.72 Å². The molecule has 6 nitrogen and oxygen atoms in total. The number of hydrogen-bond donors (Lipinski definition) is 0. The molecule has 18 heavy (non-hydrogen) atoms. The molecule has 1 unspecified atom stereocenters. The third-order valence-corrected chi connectivity index (χ3v) is 4.20. The van der Waals surface area contributed by atoms with Gasteiger partial charge in [-0.2, -0.15) is 0 Å². The molecule has 0 bridgehead atoms. The van der Waals surface area contributed by atoms with Crippen LogP contribution >= 0.6 is 31.9 Å². The molecule has 1 amide bonds. The third kappa shape index (κ3) is 2.54. The first-order chi connectivity index (χ1) is 8.52. The Bertz CT molecular complexity index is 509. The summed E-state index contributed by atoms with van der Waals surface area (Å²) in [6.07, 6.45) is 1.63. The second kappa shape index (κ2) is 5.31. The SMILES string of the molecule is O=C1CC(CBr)CN1c1ncc([N+](=O)[O-])cc1Br. The van der Waals surface area contributed by atoms with Crippen LogP contribution in [0.3, 0.4) is 0 Å². The van der Waals surface area contributed by atoms with Gasteiger partial charge in [0.15, 0.2) is 0 Å². The van der Waals surface area contributed by atoms with Crippen LogP contribution in [0.4, 0.5) is 11.5 Å². The van der Waals surface area contributed by atoms with E-state index in [1.54, 1.807) is 4.90 Å². The molecule has 1 aromatic heterocycles. The number of carbonyl (C=O) groups is 1. The van der Waals surface area contributed by atoms with Crippen LogP contribution in [0, 0.1) is 16.0 Å². The van der Waals surface area contributed by atoms with Crippen molar-refractivity contribution in [1.29, 1.82) is 0 Å². The summed E-state index contributed by atoms with van der Waals surface area (Å²) < 4.78 is 0.459. The van der Waals surface area contributed by atoms with Gasteiger partial charge in [0.2, 0.25) is 5.91 Å². The third-order valence-electron chi connectivity index (χ3n) is 2.70. The number of carbonyl (C=O) groups excluding carboxylic acids is 1. The number of halogens is 2. The first-order valence-electron chi connectivity index (χ1n) is 5.19. The van der Waals surface area contributed by atoms with Crippen molar-refractivity contribution >= 4 is 49.3 Å². The van der Waals surface area contributed by atoms with Gasteiger partial charge in [0, 0.05) is 24.4 Å². The standard InChI is InChI=1S/C10H9Br2N3O3/c11-3-6-1-9(16)14(5-6)10-8(12)2-7(4-13-10)15(17)18/h2,4,6H,1,3,5H2. The second-order valence-electron chi connectivity index (χ2n) is 3.98. The Hall–Kier alpha value is -1.02. The summed E-state index contributed by atoms with van der Waals surface area (Å²) in [6.45, 7) is 0.577. The zero-order chi connectivity index (χ0) is 13.3. The summed E-state index contributed by atoms with van der Waals surface area (Å²) in [5.74, 6) is 0.678. The molecule has 0 spiro atoms. The van der Waals surface area contributed by atoms with Crippen molar-refractivity contribution in [2.24, 2.45) is 5.92 Å². The largest absolute Gasteiger partial charge is 0.296 e. The molecule has 96 valence electrons. The molecular weight excluding hydrogens is 370 g/mol. The lowest BCUT2D eigenvalue weighted by Gasteiger charge is -2.16. The minimum Gasteiger partial charge on any atom is -0.296 e. The maximum atomic E-state index is 11.8. The maximum absolute atomic E-state index is 11.8. The number of nitrogens with zero attached hydrogens (tertiary/aromatic N) is 3. The number of anilines is 1. The fourth-order valence-corrected chi connectivity index (χ4v) is 2.79. The van der Waals surface area contributed by atoms with Crippen LogP contribution < -0.4 is 4.90 Å². The van der Waals surface area contributed by atoms with Crippen molar-refractivity contribution in [2.45, 2.75) is 6.42 Å². The molecule has 1 atom stereocenters. The van der Waals surface area contributed by atoms with E-state index >= 15 is 0 Å². The van der Waals surface area contributed by atoms with Crippen LogP contribution in [0.2, 0.25) is 0 Å². The molecule has 8 heteroatoms. The van der Waals surface area contributed by atoms with Crippen molar-refractivity contribution in [3.8, 4) is 0 Å². The monoisotopic (exact) mass is 377 g/mol. The van der Waals surface area contributed by atoms with Crippen LogP contribution in [-0.4, -0.2) is 27.7 Å². The number of amides is 1. The Morgan fingerprint density at radius 2 is 2.33 bits per heavy atom. The highest BCUT2D eigenvalue weighted by Gasteiger charge is 2.32. The Kier molecular flexibility index (Phi) is 3.96. The molecule has 1 aliphatic rings. The van der Waals surface area contributed by atoms with E-state index in [1.807, 2.05) is 0 Å². The van der Waals surface area contributed by atoms with Gasteiger partial charge >= 0.3 is 0 Å². The van der Waals surface area contributed by atoms with E-state index in [-0.39, 0.29) is 17.5 Å². The van der Waals surface area contributed by atoms with Crippen molar-refractivity contribution in [1.82, 2.24) is 4.98 Å². The molecule has 1 saturated heterocycles. The molecule has 2 heterocycles. The molecule has 1 fully saturated rings. The quantitative estimate of drug-likeness (QED) is 0.460. The summed E-state index contributed by atoms with van der Waals surface area (Å²) in [5.41, 5.74) is -0.102. The number of rotatable bonds is 3. The minimum atomic E-state index is -0.519. The van der Waals surface area contributed by atoms with Gasteiger partial charge in [-0.15, -0.1) is 0 Å². The van der Waals surface area contributed by atoms with E-state index in [0.717, 1.165) is 11.5 Å². The van der Waals surface area contributed by atoms with Gasteiger partial charge in [0.1, 0.15) is 12.0 Å². The van der Waals surface area contributed by atoms with Gasteiger partial charge in [-0.1, -0.05) is 15.9 Å². The molecule has 0 aromatic carbocycles. The average Bonchev–Trinajstić information content (AvgIpc) is 2.70. The zero-order valence-corrected chi connectivity index (χ0v) is 12.3. The van der Waals surface area contributed by atoms with Gasteiger partial charge in [-0.25, -0.2) is 4.98 Å². The van der Waals surface area contributed by atoms with Gasteiger partial charge < -0.3 is 0 Å². The fourth-order valence-electron chi connectivity index (χ4n) is 1.81. The van der Waals surface area contributed by atoms with E-state index in [9.17, 15) is 14.9 Å². The Labute approximate surface area is 120 Å². The van der Waals surface area contributed by atoms with Gasteiger partial charge in [0.05, 0.1) is 9.40 Å².